The van der Waals surface area contributed by atoms with Gasteiger partial charge in [-0.3, -0.25) is 5.41 Å². The molecule has 0 amide bonds. The summed E-state index contributed by atoms with van der Waals surface area (Å²) in [5.74, 6) is 0.763. The van der Waals surface area contributed by atoms with Crippen molar-refractivity contribution in [2.45, 2.75) is 20.8 Å². The smallest absolute Gasteiger partial charge is 0.157 e. The van der Waals surface area contributed by atoms with Gasteiger partial charge in [0.1, 0.15) is 23.0 Å². The first-order valence-electron chi connectivity index (χ1n) is 7.81. The van der Waals surface area contributed by atoms with Gasteiger partial charge in [-0.15, -0.1) is 0 Å². The van der Waals surface area contributed by atoms with Crippen LogP contribution in [0.4, 0.5) is 0 Å². The molecular weight excluding hydrogens is 316 g/mol. The number of nitrogens with zero attached hydrogens (tertiary/aromatic N) is 2. The van der Waals surface area contributed by atoms with Crippen LogP contribution in [0.2, 0.25) is 0 Å². The summed E-state index contributed by atoms with van der Waals surface area (Å²) < 4.78 is 7.22. The van der Waals surface area contributed by atoms with Gasteiger partial charge in [0.05, 0.1) is 11.4 Å². The highest BCUT2D eigenvalue weighted by atomic mass is 16.5. The Labute approximate surface area is 145 Å². The topological polar surface area (TPSA) is 101 Å². The number of benzene rings is 1. The van der Waals surface area contributed by atoms with Gasteiger partial charge in [0.25, 0.3) is 0 Å². The Morgan fingerprint density at radius 1 is 1.28 bits per heavy atom. The number of aromatic nitrogens is 2. The van der Waals surface area contributed by atoms with Gasteiger partial charge in [0.15, 0.2) is 5.76 Å². The van der Waals surface area contributed by atoms with Crippen molar-refractivity contribution >= 4 is 11.9 Å². The molecule has 4 N–H and O–H groups in total. The molecule has 0 atom stereocenters. The molecule has 0 saturated carbocycles. The zero-order valence-electron chi connectivity index (χ0n) is 14.4. The molecule has 0 saturated heterocycles. The molecule has 0 aliphatic rings. The molecule has 2 aromatic heterocycles. The van der Waals surface area contributed by atoms with E-state index in [9.17, 15) is 5.11 Å². The highest BCUT2D eigenvalue weighted by molar-refractivity contribution is 5.99. The quantitative estimate of drug-likeness (QED) is 0.499. The molecule has 3 rings (SSSR count). The second-order valence-corrected chi connectivity index (χ2v) is 5.91. The minimum absolute atomic E-state index is 0.0503. The van der Waals surface area contributed by atoms with Crippen molar-refractivity contribution < 1.29 is 9.63 Å². The maximum absolute atomic E-state index is 9.61. The Morgan fingerprint density at radius 3 is 2.40 bits per heavy atom. The SMILES string of the molecule is C=Cc1c(C)c(C(=N)N)n(-c2c(C)noc2C)c1-c1ccc(O)cc1. The van der Waals surface area contributed by atoms with E-state index in [4.69, 9.17) is 15.7 Å². The fourth-order valence-electron chi connectivity index (χ4n) is 3.20. The Balaban J connectivity index is 2.48. The zero-order valence-corrected chi connectivity index (χ0v) is 14.4. The number of phenols is 1. The normalized spacial score (nSPS) is 10.8. The molecule has 6 nitrogen and oxygen atoms in total. The lowest BCUT2D eigenvalue weighted by atomic mass is 10.0. The number of aryl methyl sites for hydroxylation is 2. The van der Waals surface area contributed by atoms with Crippen molar-refractivity contribution in [3.8, 4) is 22.7 Å². The third-order valence-electron chi connectivity index (χ3n) is 4.28. The molecule has 1 aromatic carbocycles. The predicted molar refractivity (Wildman–Crippen MR) is 98.2 cm³/mol. The summed E-state index contributed by atoms with van der Waals surface area (Å²) in [6, 6.07) is 6.87. The van der Waals surface area contributed by atoms with Crippen molar-refractivity contribution in [2.24, 2.45) is 5.73 Å². The lowest BCUT2D eigenvalue weighted by molar-refractivity contribution is 0.393. The first-order chi connectivity index (χ1) is 11.9. The monoisotopic (exact) mass is 336 g/mol. The highest BCUT2D eigenvalue weighted by Gasteiger charge is 2.26. The number of rotatable bonds is 4. The number of nitrogen functional groups attached to an aromatic ring is 1. The third kappa shape index (κ3) is 2.52. The molecule has 0 radical (unpaired) electrons. The summed E-state index contributed by atoms with van der Waals surface area (Å²) in [5.41, 5.74) is 11.3. The second-order valence-electron chi connectivity index (χ2n) is 5.91. The molecule has 0 spiro atoms. The minimum atomic E-state index is -0.0503. The van der Waals surface area contributed by atoms with Gasteiger partial charge in [0, 0.05) is 5.56 Å². The first-order valence-corrected chi connectivity index (χ1v) is 7.81. The van der Waals surface area contributed by atoms with Gasteiger partial charge < -0.3 is 19.9 Å². The molecule has 2 heterocycles. The van der Waals surface area contributed by atoms with E-state index in [1.165, 1.54) is 0 Å². The molecule has 25 heavy (non-hydrogen) atoms. The van der Waals surface area contributed by atoms with Crippen molar-refractivity contribution in [2.75, 3.05) is 0 Å². The third-order valence-corrected chi connectivity index (χ3v) is 4.28. The average Bonchev–Trinajstić information content (AvgIpc) is 3.04. The summed E-state index contributed by atoms with van der Waals surface area (Å²) in [6.07, 6.45) is 1.75. The summed E-state index contributed by atoms with van der Waals surface area (Å²) >= 11 is 0. The van der Waals surface area contributed by atoms with E-state index >= 15 is 0 Å². The summed E-state index contributed by atoms with van der Waals surface area (Å²) in [6.45, 7) is 9.50. The predicted octanol–water partition coefficient (Wildman–Crippen LogP) is 3.69. The number of aromatic hydroxyl groups is 1. The van der Waals surface area contributed by atoms with E-state index in [2.05, 4.69) is 11.7 Å². The molecule has 6 heteroatoms. The van der Waals surface area contributed by atoms with E-state index < -0.39 is 0 Å². The van der Waals surface area contributed by atoms with Crippen LogP contribution < -0.4 is 5.73 Å². The summed E-state index contributed by atoms with van der Waals surface area (Å²) in [4.78, 5) is 0. The summed E-state index contributed by atoms with van der Waals surface area (Å²) in [5, 5.41) is 21.7. The van der Waals surface area contributed by atoms with Crippen molar-refractivity contribution in [1.82, 2.24) is 9.72 Å². The minimum Gasteiger partial charge on any atom is -0.508 e. The van der Waals surface area contributed by atoms with E-state index in [1.54, 1.807) is 18.2 Å². The number of nitrogens with two attached hydrogens (primary N) is 1. The number of phenolic OH excluding ortho intramolecular Hbond substituents is 1. The van der Waals surface area contributed by atoms with Gasteiger partial charge in [-0.1, -0.05) is 17.8 Å². The van der Waals surface area contributed by atoms with Gasteiger partial charge in [-0.05, 0) is 56.2 Å². The molecule has 0 bridgehead atoms. The van der Waals surface area contributed by atoms with Crippen molar-refractivity contribution in [1.29, 1.82) is 5.41 Å². The second kappa shape index (κ2) is 5.98. The van der Waals surface area contributed by atoms with Crippen molar-refractivity contribution in [3.63, 3.8) is 0 Å². The number of nitrogens with one attached hydrogen (secondary N) is 1. The number of amidine groups is 1. The van der Waals surface area contributed by atoms with Gasteiger partial charge in [-0.2, -0.15) is 0 Å². The standard InChI is InChI=1S/C19H20N4O2/c1-5-15-10(2)16(19(20)21)23(17-11(3)22-25-12(17)4)18(15)13-6-8-14(24)9-7-13/h5-9,24H,1H2,2-4H3,(H3,20,21). The molecule has 0 aliphatic carbocycles. The number of hydrogen-bond acceptors (Lipinski definition) is 4. The van der Waals surface area contributed by atoms with E-state index in [1.807, 2.05) is 37.5 Å². The van der Waals surface area contributed by atoms with Gasteiger partial charge >= 0.3 is 0 Å². The largest absolute Gasteiger partial charge is 0.508 e. The van der Waals surface area contributed by atoms with Crippen LogP contribution in [0, 0.1) is 26.2 Å². The number of hydrogen-bond donors (Lipinski definition) is 3. The first kappa shape index (κ1) is 16.6. The molecule has 128 valence electrons. The molecule has 0 unspecified atom stereocenters. The fourth-order valence-corrected chi connectivity index (χ4v) is 3.20. The van der Waals surface area contributed by atoms with E-state index in [0.717, 1.165) is 28.1 Å². The molecule has 0 fully saturated rings. The van der Waals surface area contributed by atoms with E-state index in [-0.39, 0.29) is 11.6 Å². The van der Waals surface area contributed by atoms with Crippen LogP contribution in [0.25, 0.3) is 23.0 Å². The zero-order chi connectivity index (χ0) is 18.3. The maximum atomic E-state index is 9.61. The maximum Gasteiger partial charge on any atom is 0.157 e. The van der Waals surface area contributed by atoms with Crippen LogP contribution >= 0.6 is 0 Å². The lowest BCUT2D eigenvalue weighted by Gasteiger charge is -2.13. The highest BCUT2D eigenvalue weighted by Crippen LogP contribution is 2.37. The van der Waals surface area contributed by atoms with Crippen LogP contribution in [0.1, 0.15) is 28.3 Å². The van der Waals surface area contributed by atoms with Crippen LogP contribution in [0.5, 0.6) is 5.75 Å². The average molecular weight is 336 g/mol. The van der Waals surface area contributed by atoms with Crippen LogP contribution in [0.3, 0.4) is 0 Å². The van der Waals surface area contributed by atoms with Crippen LogP contribution in [-0.2, 0) is 0 Å². The van der Waals surface area contributed by atoms with Crippen LogP contribution in [-0.4, -0.2) is 20.7 Å². The van der Waals surface area contributed by atoms with Gasteiger partial charge in [0.2, 0.25) is 0 Å². The Kier molecular flexibility index (Phi) is 3.96. The van der Waals surface area contributed by atoms with E-state index in [0.29, 0.717) is 17.1 Å². The molecule has 0 aliphatic heterocycles. The summed E-state index contributed by atoms with van der Waals surface area (Å²) in [7, 11) is 0. The van der Waals surface area contributed by atoms with Crippen molar-refractivity contribution in [3.05, 3.63) is 59.1 Å². The molecular formula is C19H20N4O2. The Morgan fingerprint density at radius 2 is 1.92 bits per heavy atom. The Bertz CT molecular complexity index is 959. The van der Waals surface area contributed by atoms with Crippen LogP contribution in [0.15, 0.2) is 35.4 Å². The lowest BCUT2D eigenvalue weighted by Crippen LogP contribution is -2.18. The van der Waals surface area contributed by atoms with Gasteiger partial charge in [-0.25, -0.2) is 0 Å². The molecule has 3 aromatic rings. The Hall–Kier alpha value is -3.28. The fraction of sp³-hybridized carbons (Fsp3) is 0.158.